The van der Waals surface area contributed by atoms with E-state index in [0.29, 0.717) is 11.3 Å². The van der Waals surface area contributed by atoms with Gasteiger partial charge in [0.05, 0.1) is 18.6 Å². The summed E-state index contributed by atoms with van der Waals surface area (Å²) in [5.41, 5.74) is 2.18. The molecular formula is C19H23NO3. The molecule has 122 valence electrons. The summed E-state index contributed by atoms with van der Waals surface area (Å²) in [6.07, 6.45) is -0.366. The smallest absolute Gasteiger partial charge is 0.228 e. The fraction of sp³-hybridized carbons (Fsp3) is 0.316. The number of aliphatic hydroxyl groups excluding tert-OH is 1. The van der Waals surface area contributed by atoms with Gasteiger partial charge in [0.1, 0.15) is 5.75 Å². The van der Waals surface area contributed by atoms with Crippen LogP contribution in [-0.2, 0) is 11.2 Å². The van der Waals surface area contributed by atoms with E-state index in [1.165, 1.54) is 0 Å². The monoisotopic (exact) mass is 313 g/mol. The standard InChI is InChI=1S/C19H23NO3/c1-13(2)23-18-11-7-4-8-15(18)12-19(22)20-17-10-6-5-9-16(17)14(3)21/h4-11,13-14,21H,12H2,1-3H3,(H,20,22). The van der Waals surface area contributed by atoms with Gasteiger partial charge >= 0.3 is 0 Å². The first-order valence-corrected chi connectivity index (χ1v) is 7.78. The summed E-state index contributed by atoms with van der Waals surface area (Å²) in [7, 11) is 0. The van der Waals surface area contributed by atoms with Gasteiger partial charge in [-0.25, -0.2) is 0 Å². The predicted octanol–water partition coefficient (Wildman–Crippen LogP) is 3.71. The van der Waals surface area contributed by atoms with Gasteiger partial charge in [0.25, 0.3) is 0 Å². The predicted molar refractivity (Wildman–Crippen MR) is 91.6 cm³/mol. The van der Waals surface area contributed by atoms with Crippen LogP contribution in [0.25, 0.3) is 0 Å². The quantitative estimate of drug-likeness (QED) is 0.854. The number of ether oxygens (including phenoxy) is 1. The second kappa shape index (κ2) is 7.79. The van der Waals surface area contributed by atoms with Gasteiger partial charge in [-0.3, -0.25) is 4.79 Å². The molecule has 2 rings (SSSR count). The third kappa shape index (κ3) is 4.83. The summed E-state index contributed by atoms with van der Waals surface area (Å²) in [4.78, 5) is 12.3. The molecule has 1 amide bonds. The molecular weight excluding hydrogens is 290 g/mol. The van der Waals surface area contributed by atoms with E-state index in [4.69, 9.17) is 4.74 Å². The number of para-hydroxylation sites is 2. The number of carbonyl (C=O) groups excluding carboxylic acids is 1. The minimum Gasteiger partial charge on any atom is -0.491 e. The van der Waals surface area contributed by atoms with Crippen molar-refractivity contribution in [2.45, 2.75) is 39.4 Å². The minimum atomic E-state index is -0.636. The molecule has 4 nitrogen and oxygen atoms in total. The number of aliphatic hydroxyl groups is 1. The third-order valence-corrected chi connectivity index (χ3v) is 3.37. The molecule has 0 aliphatic carbocycles. The van der Waals surface area contributed by atoms with E-state index < -0.39 is 6.10 Å². The second-order valence-electron chi connectivity index (χ2n) is 5.76. The second-order valence-corrected chi connectivity index (χ2v) is 5.76. The van der Waals surface area contributed by atoms with Crippen LogP contribution in [0.1, 0.15) is 38.0 Å². The maximum absolute atomic E-state index is 12.3. The molecule has 0 aromatic heterocycles. The van der Waals surface area contributed by atoms with Gasteiger partial charge in [-0.1, -0.05) is 36.4 Å². The number of hydrogen-bond donors (Lipinski definition) is 2. The van der Waals surface area contributed by atoms with Crippen LogP contribution in [-0.4, -0.2) is 17.1 Å². The first kappa shape index (κ1) is 17.0. The lowest BCUT2D eigenvalue weighted by Crippen LogP contribution is -2.17. The van der Waals surface area contributed by atoms with Crippen molar-refractivity contribution in [3.8, 4) is 5.75 Å². The highest BCUT2D eigenvalue weighted by Gasteiger charge is 2.13. The van der Waals surface area contributed by atoms with Crippen LogP contribution in [0.15, 0.2) is 48.5 Å². The molecule has 1 unspecified atom stereocenters. The topological polar surface area (TPSA) is 58.6 Å². The van der Waals surface area contributed by atoms with Crippen molar-refractivity contribution in [2.24, 2.45) is 0 Å². The summed E-state index contributed by atoms with van der Waals surface area (Å²) in [5.74, 6) is 0.583. The number of anilines is 1. The Labute approximate surface area is 137 Å². The number of rotatable bonds is 6. The number of benzene rings is 2. The molecule has 0 saturated heterocycles. The molecule has 1 atom stereocenters. The van der Waals surface area contributed by atoms with Crippen molar-refractivity contribution in [2.75, 3.05) is 5.32 Å². The molecule has 2 aromatic rings. The number of hydrogen-bond acceptors (Lipinski definition) is 3. The van der Waals surface area contributed by atoms with Crippen molar-refractivity contribution in [3.63, 3.8) is 0 Å². The Balaban J connectivity index is 2.12. The van der Waals surface area contributed by atoms with Crippen LogP contribution >= 0.6 is 0 Å². The molecule has 2 N–H and O–H groups in total. The van der Waals surface area contributed by atoms with Crippen LogP contribution in [0.5, 0.6) is 5.75 Å². The Kier molecular flexibility index (Phi) is 5.77. The Morgan fingerprint density at radius 2 is 1.74 bits per heavy atom. The number of amides is 1. The lowest BCUT2D eigenvalue weighted by atomic mass is 10.1. The summed E-state index contributed by atoms with van der Waals surface area (Å²) in [6.45, 7) is 5.59. The molecule has 4 heteroatoms. The van der Waals surface area contributed by atoms with Gasteiger partial charge in [0.15, 0.2) is 0 Å². The van der Waals surface area contributed by atoms with Crippen LogP contribution in [0.3, 0.4) is 0 Å². The van der Waals surface area contributed by atoms with Gasteiger partial charge in [-0.15, -0.1) is 0 Å². The van der Waals surface area contributed by atoms with Crippen LogP contribution < -0.4 is 10.1 Å². The first-order chi connectivity index (χ1) is 11.0. The fourth-order valence-electron chi connectivity index (χ4n) is 2.36. The van der Waals surface area contributed by atoms with Gasteiger partial charge in [-0.2, -0.15) is 0 Å². The lowest BCUT2D eigenvalue weighted by molar-refractivity contribution is -0.115. The highest BCUT2D eigenvalue weighted by molar-refractivity contribution is 5.93. The zero-order valence-corrected chi connectivity index (χ0v) is 13.7. The molecule has 0 aliphatic rings. The SMILES string of the molecule is CC(C)Oc1ccccc1CC(=O)Nc1ccccc1C(C)O. The van der Waals surface area contributed by atoms with Gasteiger partial charge in [-0.05, 0) is 32.9 Å². The molecule has 0 aliphatic heterocycles. The summed E-state index contributed by atoms with van der Waals surface area (Å²) >= 11 is 0. The van der Waals surface area contributed by atoms with Gasteiger partial charge < -0.3 is 15.2 Å². The maximum Gasteiger partial charge on any atom is 0.228 e. The molecule has 0 fully saturated rings. The maximum atomic E-state index is 12.3. The van der Waals surface area contributed by atoms with Crippen molar-refractivity contribution in [1.29, 1.82) is 0 Å². The molecule has 0 radical (unpaired) electrons. The van der Waals surface area contributed by atoms with Crippen molar-refractivity contribution >= 4 is 11.6 Å². The Morgan fingerprint density at radius 1 is 1.09 bits per heavy atom. The highest BCUT2D eigenvalue weighted by atomic mass is 16.5. The van der Waals surface area contributed by atoms with E-state index in [-0.39, 0.29) is 18.4 Å². The van der Waals surface area contributed by atoms with E-state index >= 15 is 0 Å². The summed E-state index contributed by atoms with van der Waals surface area (Å²) < 4.78 is 5.74. The van der Waals surface area contributed by atoms with Crippen molar-refractivity contribution < 1.29 is 14.6 Å². The van der Waals surface area contributed by atoms with Crippen LogP contribution in [0, 0.1) is 0 Å². The fourth-order valence-corrected chi connectivity index (χ4v) is 2.36. The zero-order chi connectivity index (χ0) is 16.8. The van der Waals surface area contributed by atoms with Gasteiger partial charge in [0, 0.05) is 16.8 Å². The molecule has 23 heavy (non-hydrogen) atoms. The highest BCUT2D eigenvalue weighted by Crippen LogP contribution is 2.24. The molecule has 0 spiro atoms. The van der Waals surface area contributed by atoms with Crippen molar-refractivity contribution in [1.82, 2.24) is 0 Å². The number of nitrogens with one attached hydrogen (secondary N) is 1. The average molecular weight is 313 g/mol. The van der Waals surface area contributed by atoms with Crippen molar-refractivity contribution in [3.05, 3.63) is 59.7 Å². The lowest BCUT2D eigenvalue weighted by Gasteiger charge is -2.15. The molecule has 0 bridgehead atoms. The van der Waals surface area contributed by atoms with E-state index in [2.05, 4.69) is 5.32 Å². The van der Waals surface area contributed by atoms with E-state index in [1.807, 2.05) is 50.2 Å². The van der Waals surface area contributed by atoms with E-state index in [0.717, 1.165) is 11.3 Å². The number of carbonyl (C=O) groups is 1. The minimum absolute atomic E-state index is 0.0511. The van der Waals surface area contributed by atoms with Crippen LogP contribution in [0.2, 0.25) is 0 Å². The normalized spacial score (nSPS) is 12.0. The molecule has 0 heterocycles. The Bertz CT molecular complexity index is 665. The largest absolute Gasteiger partial charge is 0.491 e. The zero-order valence-electron chi connectivity index (χ0n) is 13.7. The Morgan fingerprint density at radius 3 is 2.43 bits per heavy atom. The van der Waals surface area contributed by atoms with Gasteiger partial charge in [0.2, 0.25) is 5.91 Å². The summed E-state index contributed by atoms with van der Waals surface area (Å²) in [5, 5.41) is 12.6. The third-order valence-electron chi connectivity index (χ3n) is 3.37. The average Bonchev–Trinajstić information content (AvgIpc) is 2.49. The first-order valence-electron chi connectivity index (χ1n) is 7.78. The molecule has 0 saturated carbocycles. The Hall–Kier alpha value is -2.33. The van der Waals surface area contributed by atoms with Crippen LogP contribution in [0.4, 0.5) is 5.69 Å². The van der Waals surface area contributed by atoms with E-state index in [9.17, 15) is 9.90 Å². The molecule has 2 aromatic carbocycles. The van der Waals surface area contributed by atoms with E-state index in [1.54, 1.807) is 19.1 Å². The summed E-state index contributed by atoms with van der Waals surface area (Å²) in [6, 6.07) is 14.8.